The average molecular weight is 327 g/mol. The van der Waals surface area contributed by atoms with Gasteiger partial charge in [-0.2, -0.15) is 8.78 Å². The zero-order chi connectivity index (χ0) is 14.0. The van der Waals surface area contributed by atoms with Crippen molar-refractivity contribution in [1.82, 2.24) is 0 Å². The van der Waals surface area contributed by atoms with Crippen LogP contribution in [0.25, 0.3) is 11.1 Å². The quantitative estimate of drug-likeness (QED) is 0.843. The summed E-state index contributed by atoms with van der Waals surface area (Å²) in [5.74, 6) is -0.999. The molecule has 0 aliphatic rings. The number of alkyl halides is 3. The summed E-state index contributed by atoms with van der Waals surface area (Å²) < 4.78 is 26.0. The Labute approximate surface area is 116 Å². The van der Waals surface area contributed by atoms with Gasteiger partial charge in [0.1, 0.15) is 0 Å². The molecular formula is C14H9BrF2O2. The highest BCUT2D eigenvalue weighted by Crippen LogP contribution is 2.35. The highest BCUT2D eigenvalue weighted by molar-refractivity contribution is 9.09. The number of halogens is 3. The Morgan fingerprint density at radius 1 is 0.947 bits per heavy atom. The molecule has 0 unspecified atom stereocenters. The van der Waals surface area contributed by atoms with Gasteiger partial charge in [0.05, 0.1) is 5.56 Å². The van der Waals surface area contributed by atoms with E-state index in [0.717, 1.165) is 11.1 Å². The summed E-state index contributed by atoms with van der Waals surface area (Å²) in [5, 5.41) is 8.78. The van der Waals surface area contributed by atoms with Crippen molar-refractivity contribution >= 4 is 21.9 Å². The standard InChI is InChI=1S/C14H9BrF2O2/c15-14(16,17)12-7-5-10(6-8-12)9-1-3-11(4-2-9)13(18)19/h1-8H,(H,18,19). The first-order chi connectivity index (χ1) is 8.88. The van der Waals surface area contributed by atoms with Crippen molar-refractivity contribution in [2.24, 2.45) is 0 Å². The Kier molecular flexibility index (Phi) is 3.66. The molecule has 2 rings (SSSR count). The summed E-state index contributed by atoms with van der Waals surface area (Å²) in [7, 11) is 0. The van der Waals surface area contributed by atoms with Gasteiger partial charge in [0.25, 0.3) is 0 Å². The topological polar surface area (TPSA) is 37.3 Å². The van der Waals surface area contributed by atoms with Gasteiger partial charge in [-0.3, -0.25) is 0 Å². The molecule has 19 heavy (non-hydrogen) atoms. The fourth-order valence-electron chi connectivity index (χ4n) is 1.66. The van der Waals surface area contributed by atoms with Gasteiger partial charge in [-0.1, -0.05) is 36.4 Å². The number of carbonyl (C=O) groups is 1. The summed E-state index contributed by atoms with van der Waals surface area (Å²) in [4.78, 5) is 7.67. The second-order valence-electron chi connectivity index (χ2n) is 3.96. The maximum absolute atomic E-state index is 13.0. The van der Waals surface area contributed by atoms with Crippen molar-refractivity contribution < 1.29 is 18.7 Å². The molecule has 0 aliphatic carbocycles. The van der Waals surface area contributed by atoms with Crippen LogP contribution in [0.15, 0.2) is 48.5 Å². The molecule has 5 heteroatoms. The lowest BCUT2D eigenvalue weighted by molar-refractivity contribution is 0.0697. The summed E-state index contributed by atoms with van der Waals surface area (Å²) in [6.07, 6.45) is 0. The zero-order valence-corrected chi connectivity index (χ0v) is 11.2. The minimum absolute atomic E-state index is 0.126. The smallest absolute Gasteiger partial charge is 0.335 e. The Bertz CT molecular complexity index is 586. The van der Waals surface area contributed by atoms with E-state index in [1.165, 1.54) is 24.3 Å². The first kappa shape index (κ1) is 13.7. The lowest BCUT2D eigenvalue weighted by atomic mass is 10.0. The molecule has 1 N–H and O–H groups in total. The van der Waals surface area contributed by atoms with E-state index in [2.05, 4.69) is 15.9 Å². The van der Waals surface area contributed by atoms with Crippen LogP contribution in [0.2, 0.25) is 0 Å². The monoisotopic (exact) mass is 326 g/mol. The van der Waals surface area contributed by atoms with Crippen molar-refractivity contribution in [1.29, 1.82) is 0 Å². The number of benzene rings is 2. The van der Waals surface area contributed by atoms with Gasteiger partial charge in [0.15, 0.2) is 0 Å². The minimum atomic E-state index is -3.04. The van der Waals surface area contributed by atoms with Crippen molar-refractivity contribution in [2.75, 3.05) is 0 Å². The largest absolute Gasteiger partial charge is 0.478 e. The average Bonchev–Trinajstić information content (AvgIpc) is 2.38. The molecule has 2 aromatic rings. The molecule has 0 saturated heterocycles. The molecule has 0 heterocycles. The minimum Gasteiger partial charge on any atom is -0.478 e. The highest BCUT2D eigenvalue weighted by Gasteiger charge is 2.26. The van der Waals surface area contributed by atoms with E-state index in [4.69, 9.17) is 5.11 Å². The SMILES string of the molecule is O=C(O)c1ccc(-c2ccc(C(F)(F)Br)cc2)cc1. The third-order valence-electron chi connectivity index (χ3n) is 2.68. The van der Waals surface area contributed by atoms with E-state index in [1.54, 1.807) is 24.3 Å². The molecule has 2 nitrogen and oxygen atoms in total. The number of carboxylic acid groups (broad SMARTS) is 1. The van der Waals surface area contributed by atoms with Crippen LogP contribution in [0, 0.1) is 0 Å². The second-order valence-corrected chi connectivity index (χ2v) is 4.95. The highest BCUT2D eigenvalue weighted by atomic mass is 79.9. The van der Waals surface area contributed by atoms with Crippen LogP contribution in [0.5, 0.6) is 0 Å². The van der Waals surface area contributed by atoms with E-state index in [9.17, 15) is 13.6 Å². The number of aromatic carboxylic acids is 1. The maximum Gasteiger partial charge on any atom is 0.335 e. The number of hydrogen-bond donors (Lipinski definition) is 1. The summed E-state index contributed by atoms with van der Waals surface area (Å²) in [6.45, 7) is 0. The predicted octanol–water partition coefficient (Wildman–Crippen LogP) is 4.50. The Balaban J connectivity index is 2.30. The van der Waals surface area contributed by atoms with Crippen molar-refractivity contribution in [3.63, 3.8) is 0 Å². The number of rotatable bonds is 3. The van der Waals surface area contributed by atoms with Crippen LogP contribution in [0.3, 0.4) is 0 Å². The molecular weight excluding hydrogens is 318 g/mol. The normalized spacial score (nSPS) is 11.3. The number of carboxylic acids is 1. The molecule has 0 fully saturated rings. The first-order valence-corrected chi connectivity index (χ1v) is 6.18. The zero-order valence-electron chi connectivity index (χ0n) is 9.61. The van der Waals surface area contributed by atoms with Crippen LogP contribution in [-0.4, -0.2) is 11.1 Å². The van der Waals surface area contributed by atoms with Crippen molar-refractivity contribution in [3.05, 3.63) is 59.7 Å². The fourth-order valence-corrected chi connectivity index (χ4v) is 1.92. The van der Waals surface area contributed by atoms with Crippen LogP contribution >= 0.6 is 15.9 Å². The predicted molar refractivity (Wildman–Crippen MR) is 71.7 cm³/mol. The summed E-state index contributed by atoms with van der Waals surface area (Å²) in [6, 6.07) is 12.0. The van der Waals surface area contributed by atoms with Crippen molar-refractivity contribution in [2.45, 2.75) is 4.83 Å². The second kappa shape index (κ2) is 5.09. The van der Waals surface area contributed by atoms with E-state index in [0.29, 0.717) is 0 Å². The molecule has 0 radical (unpaired) electrons. The van der Waals surface area contributed by atoms with Gasteiger partial charge in [-0.15, -0.1) is 0 Å². The lowest BCUT2D eigenvalue weighted by Gasteiger charge is -2.09. The number of hydrogen-bond acceptors (Lipinski definition) is 1. The van der Waals surface area contributed by atoms with Gasteiger partial charge in [-0.05, 0) is 39.2 Å². The third-order valence-corrected chi connectivity index (χ3v) is 3.14. The van der Waals surface area contributed by atoms with Crippen molar-refractivity contribution in [3.8, 4) is 11.1 Å². The van der Waals surface area contributed by atoms with Gasteiger partial charge in [-0.25, -0.2) is 4.79 Å². The van der Waals surface area contributed by atoms with Gasteiger partial charge in [0.2, 0.25) is 0 Å². The van der Waals surface area contributed by atoms with E-state index < -0.39 is 10.8 Å². The van der Waals surface area contributed by atoms with Crippen LogP contribution < -0.4 is 0 Å². The third kappa shape index (κ3) is 3.17. The Morgan fingerprint density at radius 3 is 1.74 bits per heavy atom. The van der Waals surface area contributed by atoms with Gasteiger partial charge >= 0.3 is 10.8 Å². The Hall–Kier alpha value is -1.75. The molecule has 0 saturated carbocycles. The molecule has 0 bridgehead atoms. The summed E-state index contributed by atoms with van der Waals surface area (Å²) >= 11 is 2.29. The molecule has 0 aliphatic heterocycles. The van der Waals surface area contributed by atoms with Crippen LogP contribution in [0.1, 0.15) is 15.9 Å². The van der Waals surface area contributed by atoms with Gasteiger partial charge in [0, 0.05) is 5.56 Å². The van der Waals surface area contributed by atoms with Gasteiger partial charge < -0.3 is 5.11 Å². The summed E-state index contributed by atoms with van der Waals surface area (Å²) in [5.41, 5.74) is 1.58. The first-order valence-electron chi connectivity index (χ1n) is 5.39. The fraction of sp³-hybridized carbons (Fsp3) is 0.0714. The molecule has 0 aromatic heterocycles. The molecule has 0 amide bonds. The van der Waals surface area contributed by atoms with Crippen LogP contribution in [-0.2, 0) is 4.83 Å². The van der Waals surface area contributed by atoms with Crippen LogP contribution in [0.4, 0.5) is 8.78 Å². The molecule has 0 spiro atoms. The molecule has 2 aromatic carbocycles. The van der Waals surface area contributed by atoms with E-state index >= 15 is 0 Å². The lowest BCUT2D eigenvalue weighted by Crippen LogP contribution is -2.01. The Morgan fingerprint density at radius 2 is 1.37 bits per heavy atom. The molecule has 98 valence electrons. The van der Waals surface area contributed by atoms with E-state index in [1.807, 2.05) is 0 Å². The maximum atomic E-state index is 13.0. The van der Waals surface area contributed by atoms with E-state index in [-0.39, 0.29) is 11.1 Å². The molecule has 0 atom stereocenters.